The van der Waals surface area contributed by atoms with Crippen LogP contribution in [0.3, 0.4) is 0 Å². The highest BCUT2D eigenvalue weighted by Gasteiger charge is 2.17. The van der Waals surface area contributed by atoms with Crippen LogP contribution in [0.5, 0.6) is 0 Å². The maximum absolute atomic E-state index is 4.48. The van der Waals surface area contributed by atoms with E-state index in [2.05, 4.69) is 40.7 Å². The zero-order valence-electron chi connectivity index (χ0n) is 12.7. The molecule has 0 radical (unpaired) electrons. The Morgan fingerprint density at radius 2 is 2.10 bits per heavy atom. The first-order chi connectivity index (χ1) is 10.3. The molecule has 0 spiro atoms. The van der Waals surface area contributed by atoms with Crippen LogP contribution < -0.4 is 5.32 Å². The molecule has 112 valence electrons. The third kappa shape index (κ3) is 3.71. The Hall–Kier alpha value is -1.65. The van der Waals surface area contributed by atoms with E-state index in [1.165, 1.54) is 24.8 Å². The summed E-state index contributed by atoms with van der Waals surface area (Å²) in [4.78, 5) is 2.47. The molecule has 0 saturated carbocycles. The molecule has 1 fully saturated rings. The zero-order chi connectivity index (χ0) is 14.5. The van der Waals surface area contributed by atoms with Crippen molar-refractivity contribution in [3.63, 3.8) is 0 Å². The van der Waals surface area contributed by atoms with E-state index in [-0.39, 0.29) is 0 Å². The molecule has 2 heterocycles. The Balaban J connectivity index is 1.64. The van der Waals surface area contributed by atoms with Crippen molar-refractivity contribution in [3.8, 4) is 5.69 Å². The Morgan fingerprint density at radius 3 is 2.95 bits per heavy atom. The topological polar surface area (TPSA) is 33.1 Å². The molecular weight excluding hydrogens is 260 g/mol. The van der Waals surface area contributed by atoms with Gasteiger partial charge in [0.05, 0.1) is 11.9 Å². The van der Waals surface area contributed by atoms with E-state index in [9.17, 15) is 0 Å². The average Bonchev–Trinajstić information content (AvgIpc) is 2.81. The van der Waals surface area contributed by atoms with Crippen LogP contribution in [0.2, 0.25) is 0 Å². The minimum absolute atomic E-state index is 0.681. The van der Waals surface area contributed by atoms with Gasteiger partial charge in [0, 0.05) is 24.3 Å². The number of hydrogen-bond acceptors (Lipinski definition) is 3. The largest absolute Gasteiger partial charge is 0.317 e. The lowest BCUT2D eigenvalue weighted by Gasteiger charge is -2.26. The lowest BCUT2D eigenvalue weighted by atomic mass is 10.1. The minimum atomic E-state index is 0.681. The predicted octanol–water partition coefficient (Wildman–Crippen LogP) is 2.45. The summed E-state index contributed by atoms with van der Waals surface area (Å²) in [6.07, 6.45) is 7.93. The zero-order valence-corrected chi connectivity index (χ0v) is 12.7. The fourth-order valence-electron chi connectivity index (χ4n) is 3.02. The summed E-state index contributed by atoms with van der Waals surface area (Å²) < 4.78 is 1.96. The van der Waals surface area contributed by atoms with Crippen molar-refractivity contribution in [2.45, 2.75) is 31.8 Å². The van der Waals surface area contributed by atoms with Crippen molar-refractivity contribution in [2.24, 2.45) is 0 Å². The van der Waals surface area contributed by atoms with Crippen LogP contribution in [0.1, 0.15) is 24.8 Å². The van der Waals surface area contributed by atoms with Gasteiger partial charge in [0.25, 0.3) is 0 Å². The lowest BCUT2D eigenvalue weighted by molar-refractivity contribution is 0.216. The average molecular weight is 284 g/mol. The van der Waals surface area contributed by atoms with Crippen LogP contribution >= 0.6 is 0 Å². The van der Waals surface area contributed by atoms with E-state index in [4.69, 9.17) is 0 Å². The number of nitrogens with zero attached hydrogens (tertiary/aromatic N) is 3. The lowest BCUT2D eigenvalue weighted by Crippen LogP contribution is -2.31. The summed E-state index contributed by atoms with van der Waals surface area (Å²) in [6, 6.07) is 11.0. The number of benzene rings is 1. The second kappa shape index (κ2) is 6.87. The Labute approximate surface area is 126 Å². The Kier molecular flexibility index (Phi) is 4.68. The molecule has 0 aliphatic carbocycles. The van der Waals surface area contributed by atoms with Crippen LogP contribution in [0.4, 0.5) is 0 Å². The van der Waals surface area contributed by atoms with E-state index < -0.39 is 0 Å². The van der Waals surface area contributed by atoms with Gasteiger partial charge < -0.3 is 5.32 Å². The van der Waals surface area contributed by atoms with Gasteiger partial charge in [0.1, 0.15) is 0 Å². The summed E-state index contributed by atoms with van der Waals surface area (Å²) in [7, 11) is 2.23. The van der Waals surface area contributed by atoms with Gasteiger partial charge in [-0.05, 0) is 51.5 Å². The molecule has 3 rings (SSSR count). The van der Waals surface area contributed by atoms with Gasteiger partial charge in [-0.15, -0.1) is 0 Å². The van der Waals surface area contributed by atoms with Gasteiger partial charge in [0.15, 0.2) is 0 Å². The van der Waals surface area contributed by atoms with Crippen LogP contribution in [-0.2, 0) is 6.54 Å². The quantitative estimate of drug-likeness (QED) is 0.936. The van der Waals surface area contributed by atoms with Crippen molar-refractivity contribution in [2.75, 3.05) is 20.1 Å². The van der Waals surface area contributed by atoms with Crippen LogP contribution in [0.25, 0.3) is 5.69 Å². The van der Waals surface area contributed by atoms with Crippen molar-refractivity contribution < 1.29 is 0 Å². The molecule has 1 aliphatic rings. The molecule has 1 aromatic heterocycles. The third-order valence-corrected chi connectivity index (χ3v) is 4.26. The van der Waals surface area contributed by atoms with E-state index in [1.807, 2.05) is 29.1 Å². The predicted molar refractivity (Wildman–Crippen MR) is 85.5 cm³/mol. The van der Waals surface area contributed by atoms with Crippen molar-refractivity contribution in [1.29, 1.82) is 0 Å². The molecule has 0 bridgehead atoms. The first-order valence-corrected chi connectivity index (χ1v) is 7.83. The first kappa shape index (κ1) is 14.3. The number of rotatable bonds is 4. The van der Waals surface area contributed by atoms with E-state index >= 15 is 0 Å². The van der Waals surface area contributed by atoms with Gasteiger partial charge >= 0.3 is 0 Å². The second-order valence-electron chi connectivity index (χ2n) is 5.88. The summed E-state index contributed by atoms with van der Waals surface area (Å²) in [5.41, 5.74) is 2.39. The van der Waals surface area contributed by atoms with Gasteiger partial charge in [0.2, 0.25) is 0 Å². The Bertz CT molecular complexity index is 541. The molecule has 1 aromatic carbocycles. The third-order valence-electron chi connectivity index (χ3n) is 4.26. The highest BCUT2D eigenvalue weighted by molar-refractivity contribution is 5.30. The fourth-order valence-corrected chi connectivity index (χ4v) is 3.02. The van der Waals surface area contributed by atoms with E-state index in [0.29, 0.717) is 6.04 Å². The smallest absolute Gasteiger partial charge is 0.0645 e. The van der Waals surface area contributed by atoms with Crippen LogP contribution in [-0.4, -0.2) is 40.9 Å². The maximum Gasteiger partial charge on any atom is 0.0645 e. The molecule has 4 nitrogen and oxygen atoms in total. The van der Waals surface area contributed by atoms with E-state index in [1.54, 1.807) is 0 Å². The standard InChI is InChI=1S/C17H24N4/c1-20(16-8-5-10-18-11-9-16)13-15-12-19-21(14-15)17-6-3-2-4-7-17/h2-4,6-7,12,14,16,18H,5,8-11,13H2,1H3. The summed E-state index contributed by atoms with van der Waals surface area (Å²) in [6.45, 7) is 3.27. The molecule has 1 aliphatic heterocycles. The van der Waals surface area contributed by atoms with Crippen molar-refractivity contribution in [3.05, 3.63) is 48.3 Å². The molecule has 4 heteroatoms. The SMILES string of the molecule is CN(Cc1cnn(-c2ccccc2)c1)C1CCCNCC1. The molecular formula is C17H24N4. The maximum atomic E-state index is 4.48. The second-order valence-corrected chi connectivity index (χ2v) is 5.88. The van der Waals surface area contributed by atoms with Crippen LogP contribution in [0.15, 0.2) is 42.7 Å². The fraction of sp³-hybridized carbons (Fsp3) is 0.471. The summed E-state index contributed by atoms with van der Waals surface area (Å²) in [5, 5.41) is 7.96. The molecule has 0 amide bonds. The summed E-state index contributed by atoms with van der Waals surface area (Å²) in [5.74, 6) is 0. The molecule has 1 atom stereocenters. The van der Waals surface area contributed by atoms with E-state index in [0.717, 1.165) is 25.3 Å². The van der Waals surface area contributed by atoms with Gasteiger partial charge in [-0.1, -0.05) is 18.2 Å². The molecule has 21 heavy (non-hydrogen) atoms. The van der Waals surface area contributed by atoms with Crippen LogP contribution in [0, 0.1) is 0 Å². The van der Waals surface area contributed by atoms with Crippen molar-refractivity contribution in [1.82, 2.24) is 20.0 Å². The monoisotopic (exact) mass is 284 g/mol. The van der Waals surface area contributed by atoms with Crippen molar-refractivity contribution >= 4 is 0 Å². The van der Waals surface area contributed by atoms with Gasteiger partial charge in [-0.2, -0.15) is 5.10 Å². The molecule has 1 N–H and O–H groups in total. The van der Waals surface area contributed by atoms with Gasteiger partial charge in [-0.3, -0.25) is 4.90 Å². The number of nitrogens with one attached hydrogen (secondary N) is 1. The highest BCUT2D eigenvalue weighted by Crippen LogP contribution is 2.15. The molecule has 1 saturated heterocycles. The first-order valence-electron chi connectivity index (χ1n) is 7.83. The normalized spacial score (nSPS) is 19.6. The molecule has 2 aromatic rings. The molecule has 1 unspecified atom stereocenters. The Morgan fingerprint density at radius 1 is 1.24 bits per heavy atom. The van der Waals surface area contributed by atoms with Gasteiger partial charge in [-0.25, -0.2) is 4.68 Å². The number of hydrogen-bond donors (Lipinski definition) is 1. The minimum Gasteiger partial charge on any atom is -0.317 e. The number of para-hydroxylation sites is 1. The number of aromatic nitrogens is 2. The summed E-state index contributed by atoms with van der Waals surface area (Å²) >= 11 is 0. The highest BCUT2D eigenvalue weighted by atomic mass is 15.3.